The van der Waals surface area contributed by atoms with E-state index in [0.717, 1.165) is 24.1 Å². The Kier molecular flexibility index (Phi) is 7.09. The van der Waals surface area contributed by atoms with E-state index in [4.69, 9.17) is 4.52 Å². The van der Waals surface area contributed by atoms with Gasteiger partial charge in [-0.3, -0.25) is 9.59 Å². The Morgan fingerprint density at radius 2 is 1.90 bits per heavy atom. The van der Waals surface area contributed by atoms with Gasteiger partial charge in [0.15, 0.2) is 0 Å². The van der Waals surface area contributed by atoms with Crippen molar-refractivity contribution in [3.8, 4) is 10.7 Å². The number of nitrogens with one attached hydrogen (secondary N) is 1. The van der Waals surface area contributed by atoms with Crippen LogP contribution in [0.1, 0.15) is 43.1 Å². The van der Waals surface area contributed by atoms with Crippen molar-refractivity contribution in [3.63, 3.8) is 0 Å². The van der Waals surface area contributed by atoms with Crippen molar-refractivity contribution in [1.82, 2.24) is 20.4 Å². The largest absolute Gasteiger partial charge is 0.356 e. The van der Waals surface area contributed by atoms with Gasteiger partial charge in [0, 0.05) is 38.4 Å². The number of amides is 2. The molecule has 2 aromatic heterocycles. The van der Waals surface area contributed by atoms with Crippen LogP contribution in [-0.2, 0) is 16.0 Å². The number of likely N-dealkylation sites (tertiary alicyclic amines) is 1. The highest BCUT2D eigenvalue weighted by molar-refractivity contribution is 7.13. The van der Waals surface area contributed by atoms with E-state index in [1.54, 1.807) is 11.3 Å². The lowest BCUT2D eigenvalue weighted by Gasteiger charge is -2.30. The van der Waals surface area contributed by atoms with Gasteiger partial charge in [-0.15, -0.1) is 11.3 Å². The minimum Gasteiger partial charge on any atom is -0.356 e. The summed E-state index contributed by atoms with van der Waals surface area (Å²) < 4.78 is 5.46. The zero-order valence-electron chi connectivity index (χ0n) is 17.3. The summed E-state index contributed by atoms with van der Waals surface area (Å²) >= 11 is 1.58. The van der Waals surface area contributed by atoms with Crippen molar-refractivity contribution in [2.45, 2.75) is 38.0 Å². The highest BCUT2D eigenvalue weighted by Crippen LogP contribution is 2.29. The van der Waals surface area contributed by atoms with Crippen molar-refractivity contribution < 1.29 is 14.1 Å². The quantitative estimate of drug-likeness (QED) is 0.580. The molecule has 0 atom stereocenters. The second-order valence-corrected chi connectivity index (χ2v) is 8.62. The lowest BCUT2D eigenvalue weighted by molar-refractivity contribution is -0.134. The number of thiophene rings is 1. The van der Waals surface area contributed by atoms with Crippen LogP contribution in [0.5, 0.6) is 0 Å². The van der Waals surface area contributed by atoms with Gasteiger partial charge >= 0.3 is 0 Å². The third-order valence-electron chi connectivity index (χ3n) is 5.52. The molecule has 0 bridgehead atoms. The zero-order chi connectivity index (χ0) is 21.5. The van der Waals surface area contributed by atoms with Gasteiger partial charge in [-0.1, -0.05) is 41.6 Å². The molecule has 0 spiro atoms. The molecule has 1 aliphatic heterocycles. The molecule has 0 saturated carbocycles. The van der Waals surface area contributed by atoms with E-state index in [0.29, 0.717) is 31.3 Å². The summed E-state index contributed by atoms with van der Waals surface area (Å²) in [5.74, 6) is 1.40. The second-order valence-electron chi connectivity index (χ2n) is 7.67. The summed E-state index contributed by atoms with van der Waals surface area (Å²) in [6.45, 7) is 1.88. The van der Waals surface area contributed by atoms with E-state index >= 15 is 0 Å². The molecule has 1 saturated heterocycles. The molecule has 8 heteroatoms. The van der Waals surface area contributed by atoms with E-state index in [1.807, 2.05) is 52.7 Å². The van der Waals surface area contributed by atoms with Crippen LogP contribution < -0.4 is 5.32 Å². The van der Waals surface area contributed by atoms with Gasteiger partial charge in [-0.25, -0.2) is 0 Å². The van der Waals surface area contributed by atoms with Gasteiger partial charge in [-0.2, -0.15) is 4.98 Å². The first-order chi connectivity index (χ1) is 15.2. The molecule has 1 aromatic carbocycles. The van der Waals surface area contributed by atoms with E-state index in [9.17, 15) is 9.59 Å². The number of piperidine rings is 1. The topological polar surface area (TPSA) is 88.3 Å². The number of carbonyl (C=O) groups excluding carboxylic acids is 2. The maximum Gasteiger partial charge on any atom is 0.230 e. The second kappa shape index (κ2) is 10.3. The Bertz CT molecular complexity index is 979. The molecule has 31 heavy (non-hydrogen) atoms. The van der Waals surface area contributed by atoms with Crippen molar-refractivity contribution in [1.29, 1.82) is 0 Å². The Labute approximate surface area is 185 Å². The summed E-state index contributed by atoms with van der Waals surface area (Å²) in [6.07, 6.45) is 2.84. The van der Waals surface area contributed by atoms with Crippen LogP contribution in [0.15, 0.2) is 52.4 Å². The molecule has 1 fully saturated rings. The third-order valence-corrected chi connectivity index (χ3v) is 6.39. The Hall–Kier alpha value is -3.00. The number of hydrogen-bond donors (Lipinski definition) is 1. The average Bonchev–Trinajstić information content (AvgIpc) is 3.50. The maximum absolute atomic E-state index is 12.5. The van der Waals surface area contributed by atoms with E-state index in [1.165, 1.54) is 5.56 Å². The summed E-state index contributed by atoms with van der Waals surface area (Å²) in [5.41, 5.74) is 1.19. The lowest BCUT2D eigenvalue weighted by Crippen LogP contribution is -2.38. The lowest BCUT2D eigenvalue weighted by atomic mass is 9.96. The van der Waals surface area contributed by atoms with Crippen molar-refractivity contribution in [3.05, 3.63) is 59.3 Å². The Morgan fingerprint density at radius 3 is 2.65 bits per heavy atom. The fraction of sp³-hybridized carbons (Fsp3) is 0.391. The third kappa shape index (κ3) is 5.79. The molecule has 4 rings (SSSR count). The predicted octanol–water partition coefficient (Wildman–Crippen LogP) is 3.64. The van der Waals surface area contributed by atoms with Gasteiger partial charge in [0.25, 0.3) is 0 Å². The SMILES string of the molecule is O=C(CCC(=O)N1CCC(c2nc(-c3cccs3)no2)CC1)NCCc1ccccc1. The van der Waals surface area contributed by atoms with Crippen LogP contribution >= 0.6 is 11.3 Å². The van der Waals surface area contributed by atoms with Crippen LogP contribution in [0.2, 0.25) is 0 Å². The molecular weight excluding hydrogens is 412 g/mol. The van der Waals surface area contributed by atoms with Crippen molar-refractivity contribution in [2.24, 2.45) is 0 Å². The molecule has 7 nitrogen and oxygen atoms in total. The zero-order valence-corrected chi connectivity index (χ0v) is 18.1. The maximum atomic E-state index is 12.5. The molecule has 0 unspecified atom stereocenters. The normalized spacial score (nSPS) is 14.5. The molecule has 1 aliphatic rings. The number of hydrogen-bond acceptors (Lipinski definition) is 6. The van der Waals surface area contributed by atoms with Crippen molar-refractivity contribution >= 4 is 23.2 Å². The van der Waals surface area contributed by atoms with Crippen molar-refractivity contribution in [2.75, 3.05) is 19.6 Å². The van der Waals surface area contributed by atoms with Gasteiger partial charge in [0.05, 0.1) is 4.88 Å². The minimum absolute atomic E-state index is 0.0291. The van der Waals surface area contributed by atoms with Gasteiger partial charge in [0.2, 0.25) is 23.5 Å². The molecule has 1 N–H and O–H groups in total. The van der Waals surface area contributed by atoms with Gasteiger partial charge in [-0.05, 0) is 36.3 Å². The minimum atomic E-state index is -0.0777. The summed E-state index contributed by atoms with van der Waals surface area (Å²) in [7, 11) is 0. The standard InChI is InChI=1S/C23H26N4O3S/c28-20(24-13-10-17-5-2-1-3-6-17)8-9-21(29)27-14-11-18(12-15-27)23-25-22(26-30-23)19-7-4-16-31-19/h1-7,16,18H,8-15H2,(H,24,28). The molecule has 0 radical (unpaired) electrons. The number of aromatic nitrogens is 2. The highest BCUT2D eigenvalue weighted by Gasteiger charge is 2.27. The van der Waals surface area contributed by atoms with Crippen LogP contribution in [0, 0.1) is 0 Å². The van der Waals surface area contributed by atoms with Gasteiger partial charge < -0.3 is 14.7 Å². The first-order valence-corrected chi connectivity index (χ1v) is 11.5. The molecule has 162 valence electrons. The Morgan fingerprint density at radius 1 is 1.10 bits per heavy atom. The van der Waals surface area contributed by atoms with Crippen LogP contribution in [0.3, 0.4) is 0 Å². The highest BCUT2D eigenvalue weighted by atomic mass is 32.1. The molecule has 3 heterocycles. The summed E-state index contributed by atoms with van der Waals surface area (Å²) in [5, 5.41) is 8.96. The number of rotatable bonds is 8. The van der Waals surface area contributed by atoms with E-state index in [2.05, 4.69) is 15.5 Å². The predicted molar refractivity (Wildman–Crippen MR) is 119 cm³/mol. The molecule has 0 aliphatic carbocycles. The number of carbonyl (C=O) groups is 2. The van der Waals surface area contributed by atoms with Crippen LogP contribution in [-0.4, -0.2) is 46.5 Å². The summed E-state index contributed by atoms with van der Waals surface area (Å²) in [6, 6.07) is 14.0. The summed E-state index contributed by atoms with van der Waals surface area (Å²) in [4.78, 5) is 31.9. The number of benzene rings is 1. The smallest absolute Gasteiger partial charge is 0.230 e. The van der Waals surface area contributed by atoms with E-state index < -0.39 is 0 Å². The monoisotopic (exact) mass is 438 g/mol. The van der Waals surface area contributed by atoms with Crippen LogP contribution in [0.4, 0.5) is 0 Å². The van der Waals surface area contributed by atoms with E-state index in [-0.39, 0.29) is 30.6 Å². The molecular formula is C23H26N4O3S. The fourth-order valence-electron chi connectivity index (χ4n) is 3.74. The molecule has 2 amide bonds. The fourth-order valence-corrected chi connectivity index (χ4v) is 4.39. The van der Waals surface area contributed by atoms with Gasteiger partial charge in [0.1, 0.15) is 0 Å². The average molecular weight is 439 g/mol. The molecule has 3 aromatic rings. The first kappa shape index (κ1) is 21.2. The van der Waals surface area contributed by atoms with Crippen LogP contribution in [0.25, 0.3) is 10.7 Å². The number of nitrogens with zero attached hydrogens (tertiary/aromatic N) is 3. The first-order valence-electron chi connectivity index (χ1n) is 10.6. The Balaban J connectivity index is 1.16.